The van der Waals surface area contributed by atoms with Crippen molar-refractivity contribution in [2.75, 3.05) is 29.1 Å². The average Bonchev–Trinajstić information content (AvgIpc) is 2.66. The summed E-state index contributed by atoms with van der Waals surface area (Å²) in [4.78, 5) is 22.9. The standard InChI is InChI=1S/C20H22ClF3N4OS/c1-12-5-13(2)9-28(8-12)17-7-19(26-11-25-17)30-10-18(29)27-16-4-3-14(21)6-15(16)20(22,23)24/h3-4,6-7,11-13H,5,8-10H2,1-2H3,(H,27,29)/t12-,13-/m0/s1. The summed E-state index contributed by atoms with van der Waals surface area (Å²) in [6, 6.07) is 5.06. The molecule has 30 heavy (non-hydrogen) atoms. The molecule has 0 aliphatic carbocycles. The van der Waals surface area contributed by atoms with Gasteiger partial charge in [0, 0.05) is 24.2 Å². The van der Waals surface area contributed by atoms with Crippen molar-refractivity contribution in [1.29, 1.82) is 0 Å². The number of hydrogen-bond acceptors (Lipinski definition) is 5. The predicted molar refractivity (Wildman–Crippen MR) is 113 cm³/mol. The fourth-order valence-corrected chi connectivity index (χ4v) is 4.45. The first-order chi connectivity index (χ1) is 14.1. The van der Waals surface area contributed by atoms with Crippen molar-refractivity contribution in [3.63, 3.8) is 0 Å². The normalized spacial score (nSPS) is 19.6. The topological polar surface area (TPSA) is 58.1 Å². The summed E-state index contributed by atoms with van der Waals surface area (Å²) in [6.45, 7) is 6.22. The Bertz CT molecular complexity index is 902. The zero-order valence-corrected chi connectivity index (χ0v) is 18.1. The number of rotatable bonds is 5. The average molecular weight is 459 g/mol. The summed E-state index contributed by atoms with van der Waals surface area (Å²) in [6.07, 6.45) is -2.00. The Balaban J connectivity index is 1.63. The third-order valence-electron chi connectivity index (χ3n) is 4.73. The Hall–Kier alpha value is -2.00. The Morgan fingerprint density at radius 2 is 1.93 bits per heavy atom. The highest BCUT2D eigenvalue weighted by atomic mass is 35.5. The second-order valence-electron chi connectivity index (χ2n) is 7.59. The molecule has 10 heteroatoms. The fraction of sp³-hybridized carbons (Fsp3) is 0.450. The highest BCUT2D eigenvalue weighted by Crippen LogP contribution is 2.36. The molecule has 0 bridgehead atoms. The minimum Gasteiger partial charge on any atom is -0.356 e. The molecule has 162 valence electrons. The number of carbonyl (C=O) groups excluding carboxylic acids is 1. The number of nitrogens with zero attached hydrogens (tertiary/aromatic N) is 3. The Kier molecular flexibility index (Phi) is 7.13. The molecule has 0 radical (unpaired) electrons. The van der Waals surface area contributed by atoms with Crippen molar-refractivity contribution in [3.05, 3.63) is 41.2 Å². The molecule has 2 atom stereocenters. The van der Waals surface area contributed by atoms with E-state index < -0.39 is 17.6 Å². The van der Waals surface area contributed by atoms with Crippen LogP contribution in [0.2, 0.25) is 5.02 Å². The van der Waals surface area contributed by atoms with E-state index in [0.29, 0.717) is 16.9 Å². The Morgan fingerprint density at radius 1 is 1.23 bits per heavy atom. The molecule has 0 spiro atoms. The van der Waals surface area contributed by atoms with Crippen LogP contribution in [0.4, 0.5) is 24.7 Å². The molecule has 0 unspecified atom stereocenters. The predicted octanol–water partition coefficient (Wildman–Crippen LogP) is 5.36. The molecule has 0 saturated carbocycles. The Labute approximate surface area is 182 Å². The van der Waals surface area contributed by atoms with Crippen LogP contribution >= 0.6 is 23.4 Å². The molecular weight excluding hydrogens is 437 g/mol. The molecule has 1 saturated heterocycles. The van der Waals surface area contributed by atoms with Crippen LogP contribution in [-0.2, 0) is 11.0 Å². The lowest BCUT2D eigenvalue weighted by Crippen LogP contribution is -2.39. The van der Waals surface area contributed by atoms with Crippen molar-refractivity contribution in [1.82, 2.24) is 9.97 Å². The molecule has 2 aromatic rings. The molecule has 1 aromatic heterocycles. The first-order valence-corrected chi connectivity index (χ1v) is 10.8. The summed E-state index contributed by atoms with van der Waals surface area (Å²) in [5.74, 6) is 1.28. The van der Waals surface area contributed by atoms with Crippen molar-refractivity contribution >= 4 is 40.8 Å². The van der Waals surface area contributed by atoms with Gasteiger partial charge in [0.1, 0.15) is 17.2 Å². The third kappa shape index (κ3) is 6.01. The van der Waals surface area contributed by atoms with Crippen LogP contribution in [0, 0.1) is 11.8 Å². The van der Waals surface area contributed by atoms with E-state index in [1.54, 1.807) is 0 Å². The van der Waals surface area contributed by atoms with Crippen molar-refractivity contribution in [2.45, 2.75) is 31.5 Å². The summed E-state index contributed by atoms with van der Waals surface area (Å²) in [5, 5.41) is 2.85. The number of hydrogen-bond donors (Lipinski definition) is 1. The molecule has 1 aliphatic rings. The zero-order chi connectivity index (χ0) is 21.9. The number of thioether (sulfide) groups is 1. The molecule has 1 aromatic carbocycles. The molecule has 1 N–H and O–H groups in total. The number of nitrogens with one attached hydrogen (secondary N) is 1. The van der Waals surface area contributed by atoms with E-state index in [-0.39, 0.29) is 16.5 Å². The molecule has 1 amide bonds. The number of alkyl halides is 3. The lowest BCUT2D eigenvalue weighted by Gasteiger charge is -2.35. The van der Waals surface area contributed by atoms with E-state index in [1.807, 2.05) is 6.07 Å². The number of halogens is 4. The van der Waals surface area contributed by atoms with E-state index >= 15 is 0 Å². The summed E-state index contributed by atoms with van der Waals surface area (Å²) >= 11 is 6.81. The summed E-state index contributed by atoms with van der Waals surface area (Å²) < 4.78 is 39.5. The zero-order valence-electron chi connectivity index (χ0n) is 16.5. The first kappa shape index (κ1) is 22.7. The maximum absolute atomic E-state index is 13.2. The molecule has 3 rings (SSSR count). The van der Waals surface area contributed by atoms with E-state index in [9.17, 15) is 18.0 Å². The Morgan fingerprint density at radius 3 is 2.60 bits per heavy atom. The lowest BCUT2D eigenvalue weighted by molar-refractivity contribution is -0.137. The van der Waals surface area contributed by atoms with Gasteiger partial charge in [0.05, 0.1) is 17.0 Å². The number of aromatic nitrogens is 2. The van der Waals surface area contributed by atoms with Gasteiger partial charge in [0.25, 0.3) is 0 Å². The van der Waals surface area contributed by atoms with Crippen LogP contribution in [0.5, 0.6) is 0 Å². The lowest BCUT2D eigenvalue weighted by atomic mass is 9.92. The van der Waals surface area contributed by atoms with Crippen LogP contribution in [0.1, 0.15) is 25.8 Å². The molecule has 1 aliphatic heterocycles. The van der Waals surface area contributed by atoms with Crippen LogP contribution in [0.3, 0.4) is 0 Å². The van der Waals surface area contributed by atoms with Crippen LogP contribution < -0.4 is 10.2 Å². The highest BCUT2D eigenvalue weighted by molar-refractivity contribution is 7.99. The van der Waals surface area contributed by atoms with Crippen molar-refractivity contribution < 1.29 is 18.0 Å². The quantitative estimate of drug-likeness (QED) is 0.482. The molecule has 5 nitrogen and oxygen atoms in total. The summed E-state index contributed by atoms with van der Waals surface area (Å²) in [5.41, 5.74) is -1.30. The van der Waals surface area contributed by atoms with Gasteiger partial charge in [-0.05, 0) is 36.5 Å². The van der Waals surface area contributed by atoms with Crippen LogP contribution in [-0.4, -0.2) is 34.7 Å². The van der Waals surface area contributed by atoms with Gasteiger partial charge in [-0.1, -0.05) is 37.2 Å². The van der Waals surface area contributed by atoms with Crippen LogP contribution in [0.15, 0.2) is 35.6 Å². The maximum Gasteiger partial charge on any atom is 0.418 e. The minimum absolute atomic E-state index is 0.0513. The van der Waals surface area contributed by atoms with E-state index in [0.717, 1.165) is 42.8 Å². The molecule has 1 fully saturated rings. The van der Waals surface area contributed by atoms with Gasteiger partial charge in [-0.2, -0.15) is 13.2 Å². The highest BCUT2D eigenvalue weighted by Gasteiger charge is 2.34. The number of amides is 1. The number of carbonyl (C=O) groups is 1. The number of benzene rings is 1. The first-order valence-electron chi connectivity index (χ1n) is 9.48. The van der Waals surface area contributed by atoms with Gasteiger partial charge in [-0.15, -0.1) is 0 Å². The van der Waals surface area contributed by atoms with Gasteiger partial charge >= 0.3 is 6.18 Å². The minimum atomic E-state index is -4.62. The molecule has 2 heterocycles. The van der Waals surface area contributed by atoms with Crippen molar-refractivity contribution in [2.24, 2.45) is 11.8 Å². The number of piperidine rings is 1. The van der Waals surface area contributed by atoms with Gasteiger partial charge in [-0.25, -0.2) is 9.97 Å². The molecular formula is C20H22ClF3N4OS. The van der Waals surface area contributed by atoms with Gasteiger partial charge in [-0.3, -0.25) is 4.79 Å². The van der Waals surface area contributed by atoms with Gasteiger partial charge in [0.2, 0.25) is 5.91 Å². The second-order valence-corrected chi connectivity index (χ2v) is 9.02. The largest absolute Gasteiger partial charge is 0.418 e. The van der Waals surface area contributed by atoms with E-state index in [2.05, 4.69) is 34.0 Å². The van der Waals surface area contributed by atoms with Gasteiger partial charge < -0.3 is 10.2 Å². The van der Waals surface area contributed by atoms with E-state index in [1.165, 1.54) is 18.8 Å². The van der Waals surface area contributed by atoms with Crippen molar-refractivity contribution in [3.8, 4) is 0 Å². The van der Waals surface area contributed by atoms with E-state index in [4.69, 9.17) is 11.6 Å². The maximum atomic E-state index is 13.2. The van der Waals surface area contributed by atoms with Gasteiger partial charge in [0.15, 0.2) is 0 Å². The summed E-state index contributed by atoms with van der Waals surface area (Å²) in [7, 11) is 0. The van der Waals surface area contributed by atoms with Crippen LogP contribution in [0.25, 0.3) is 0 Å². The SMILES string of the molecule is C[C@H]1C[C@H](C)CN(c2cc(SCC(=O)Nc3ccc(Cl)cc3C(F)(F)F)ncn2)C1. The third-order valence-corrected chi connectivity index (χ3v) is 5.89. The smallest absolute Gasteiger partial charge is 0.356 e. The monoisotopic (exact) mass is 458 g/mol. The fourth-order valence-electron chi connectivity index (χ4n) is 3.62. The second kappa shape index (κ2) is 9.43. The number of anilines is 2.